The lowest BCUT2D eigenvalue weighted by atomic mass is 10.1. The summed E-state index contributed by atoms with van der Waals surface area (Å²) < 4.78 is 72.8. The van der Waals surface area contributed by atoms with E-state index in [0.29, 0.717) is 35.0 Å². The van der Waals surface area contributed by atoms with Crippen molar-refractivity contribution < 1.29 is 35.7 Å². The van der Waals surface area contributed by atoms with Crippen molar-refractivity contribution in [1.82, 2.24) is 14.9 Å². The van der Waals surface area contributed by atoms with Gasteiger partial charge in [0.15, 0.2) is 0 Å². The molecule has 2 N–H and O–H groups in total. The van der Waals surface area contributed by atoms with Crippen LogP contribution in [0.5, 0.6) is 0 Å². The molecule has 1 aromatic heterocycles. The molecule has 5 rings (SSSR count). The Morgan fingerprint density at radius 3 is 2.24 bits per heavy atom. The maximum atomic E-state index is 13.3. The molecule has 0 aliphatic heterocycles. The summed E-state index contributed by atoms with van der Waals surface area (Å²) >= 11 is 0. The normalized spacial score (nSPS) is 11.7. The van der Waals surface area contributed by atoms with Crippen LogP contribution < -0.4 is 14.9 Å². The van der Waals surface area contributed by atoms with E-state index in [1.807, 2.05) is 16.7 Å². The average Bonchev–Trinajstić information content (AvgIpc) is 3.58. The molecule has 0 saturated carbocycles. The van der Waals surface area contributed by atoms with Crippen LogP contribution in [0.2, 0.25) is 0 Å². The van der Waals surface area contributed by atoms with Gasteiger partial charge >= 0.3 is 6.18 Å². The Balaban J connectivity index is 1.42. The first-order valence-corrected chi connectivity index (χ1v) is 16.6. The van der Waals surface area contributed by atoms with E-state index in [0.717, 1.165) is 18.6 Å². The molecule has 0 radical (unpaired) electrons. The molecule has 0 fully saturated rings. The first kappa shape index (κ1) is 34.8. The predicted octanol–water partition coefficient (Wildman–Crippen LogP) is 7.28. The van der Waals surface area contributed by atoms with E-state index >= 15 is 0 Å². The zero-order valence-electron chi connectivity index (χ0n) is 26.7. The SMILES string of the molecule is CC(C)CCN(C)c1ccc(-c2noc(-c3cccc(C(=O)NS(=O)(=O)c4ccccc4)c3)n2)cc1NC(=O)c1cccc(C(F)(F)F)c1. The first-order chi connectivity index (χ1) is 23.2. The van der Waals surface area contributed by atoms with Gasteiger partial charge in [-0.15, -0.1) is 0 Å². The Morgan fingerprint density at radius 1 is 0.857 bits per heavy atom. The van der Waals surface area contributed by atoms with Crippen molar-refractivity contribution in [2.75, 3.05) is 23.8 Å². The maximum Gasteiger partial charge on any atom is 0.416 e. The molecule has 14 heteroatoms. The van der Waals surface area contributed by atoms with Gasteiger partial charge < -0.3 is 14.7 Å². The van der Waals surface area contributed by atoms with Crippen LogP contribution in [0, 0.1) is 5.92 Å². The van der Waals surface area contributed by atoms with Gasteiger partial charge in [-0.25, -0.2) is 13.1 Å². The molecule has 0 unspecified atom stereocenters. The van der Waals surface area contributed by atoms with E-state index in [2.05, 4.69) is 29.3 Å². The number of amides is 2. The molecule has 2 amide bonds. The number of hydrogen-bond acceptors (Lipinski definition) is 8. The second-order valence-corrected chi connectivity index (χ2v) is 13.3. The summed E-state index contributed by atoms with van der Waals surface area (Å²) in [5.41, 5.74) is 0.628. The number of carbonyl (C=O) groups excluding carboxylic acids is 2. The van der Waals surface area contributed by atoms with Gasteiger partial charge in [-0.05, 0) is 79.1 Å². The lowest BCUT2D eigenvalue weighted by Gasteiger charge is -2.24. The van der Waals surface area contributed by atoms with Gasteiger partial charge in [-0.3, -0.25) is 9.59 Å². The topological polar surface area (TPSA) is 134 Å². The number of benzene rings is 4. The third-order valence-corrected chi connectivity index (χ3v) is 8.83. The Labute approximate surface area is 281 Å². The van der Waals surface area contributed by atoms with Gasteiger partial charge in [-0.2, -0.15) is 18.2 Å². The number of rotatable bonds is 11. The molecule has 5 aromatic rings. The summed E-state index contributed by atoms with van der Waals surface area (Å²) in [4.78, 5) is 32.4. The summed E-state index contributed by atoms with van der Waals surface area (Å²) in [5.74, 6) is -1.03. The molecule has 0 atom stereocenters. The summed E-state index contributed by atoms with van der Waals surface area (Å²) in [6, 6.07) is 22.7. The van der Waals surface area contributed by atoms with Crippen LogP contribution in [-0.4, -0.2) is 44.0 Å². The molecule has 0 aliphatic carbocycles. The van der Waals surface area contributed by atoms with Crippen LogP contribution in [-0.2, 0) is 16.2 Å². The zero-order chi connectivity index (χ0) is 35.3. The van der Waals surface area contributed by atoms with Gasteiger partial charge in [0.2, 0.25) is 5.82 Å². The minimum atomic E-state index is -4.61. The number of hydrogen-bond donors (Lipinski definition) is 2. The minimum Gasteiger partial charge on any atom is -0.373 e. The Kier molecular flexibility index (Phi) is 10.2. The number of sulfonamides is 1. The van der Waals surface area contributed by atoms with Crippen LogP contribution in [0.4, 0.5) is 24.5 Å². The third-order valence-electron chi connectivity index (χ3n) is 7.49. The molecule has 0 saturated heterocycles. The Bertz CT molecular complexity index is 2080. The van der Waals surface area contributed by atoms with Crippen molar-refractivity contribution in [3.05, 3.63) is 114 Å². The van der Waals surface area contributed by atoms with Crippen LogP contribution in [0.15, 0.2) is 106 Å². The molecular weight excluding hydrogens is 659 g/mol. The van der Waals surface area contributed by atoms with E-state index in [9.17, 15) is 31.2 Å². The zero-order valence-corrected chi connectivity index (χ0v) is 27.5. The number of carbonyl (C=O) groups is 2. The molecule has 49 heavy (non-hydrogen) atoms. The van der Waals surface area contributed by atoms with Gasteiger partial charge in [-0.1, -0.05) is 49.3 Å². The standard InChI is InChI=1S/C35H32F3N5O5S/c1-22(2)17-18-43(3)30-16-15-23(21-29(30)39-32(44)25-10-8-12-27(20-25)35(36,37)38)31-40-34(48-41-31)26-11-7-9-24(19-26)33(45)42-49(46,47)28-13-5-4-6-14-28/h4-16,19-22H,17-18H2,1-3H3,(H,39,44)(H,42,45). The molecule has 0 spiro atoms. The fourth-order valence-electron chi connectivity index (χ4n) is 4.80. The van der Waals surface area contributed by atoms with E-state index in [-0.39, 0.29) is 27.7 Å². The lowest BCUT2D eigenvalue weighted by Crippen LogP contribution is -2.30. The van der Waals surface area contributed by atoms with Crippen LogP contribution >= 0.6 is 0 Å². The number of halogens is 3. The van der Waals surface area contributed by atoms with Crippen molar-refractivity contribution in [2.24, 2.45) is 5.92 Å². The summed E-state index contributed by atoms with van der Waals surface area (Å²) in [6.07, 6.45) is -3.76. The highest BCUT2D eigenvalue weighted by atomic mass is 32.2. The number of anilines is 2. The number of aromatic nitrogens is 2. The fourth-order valence-corrected chi connectivity index (χ4v) is 5.80. The number of nitrogens with zero attached hydrogens (tertiary/aromatic N) is 3. The van der Waals surface area contributed by atoms with Crippen molar-refractivity contribution in [2.45, 2.75) is 31.3 Å². The van der Waals surface area contributed by atoms with Crippen LogP contribution in [0.3, 0.4) is 0 Å². The summed E-state index contributed by atoms with van der Waals surface area (Å²) in [7, 11) is -2.26. The van der Waals surface area contributed by atoms with E-state index in [1.54, 1.807) is 42.5 Å². The molecule has 1 heterocycles. The van der Waals surface area contributed by atoms with Crippen LogP contribution in [0.1, 0.15) is 46.5 Å². The van der Waals surface area contributed by atoms with E-state index < -0.39 is 33.6 Å². The predicted molar refractivity (Wildman–Crippen MR) is 178 cm³/mol. The first-order valence-electron chi connectivity index (χ1n) is 15.1. The molecule has 10 nitrogen and oxygen atoms in total. The van der Waals surface area contributed by atoms with Crippen molar-refractivity contribution >= 4 is 33.2 Å². The second kappa shape index (κ2) is 14.3. The molecule has 4 aromatic carbocycles. The average molecular weight is 692 g/mol. The highest BCUT2D eigenvalue weighted by Gasteiger charge is 2.31. The van der Waals surface area contributed by atoms with Crippen molar-refractivity contribution in [3.63, 3.8) is 0 Å². The van der Waals surface area contributed by atoms with E-state index in [4.69, 9.17) is 4.52 Å². The van der Waals surface area contributed by atoms with Gasteiger partial charge in [0.25, 0.3) is 27.7 Å². The summed E-state index contributed by atoms with van der Waals surface area (Å²) in [6.45, 7) is 4.80. The molecular formula is C35H32F3N5O5S. The Morgan fingerprint density at radius 2 is 1.55 bits per heavy atom. The monoisotopic (exact) mass is 691 g/mol. The number of nitrogens with one attached hydrogen (secondary N) is 2. The molecule has 0 aliphatic rings. The van der Waals surface area contributed by atoms with E-state index in [1.165, 1.54) is 42.5 Å². The molecule has 254 valence electrons. The smallest absolute Gasteiger partial charge is 0.373 e. The lowest BCUT2D eigenvalue weighted by molar-refractivity contribution is -0.137. The largest absolute Gasteiger partial charge is 0.416 e. The quantitative estimate of drug-likeness (QED) is 0.148. The number of alkyl halides is 3. The maximum absolute atomic E-state index is 13.3. The minimum absolute atomic E-state index is 0.0308. The van der Waals surface area contributed by atoms with Gasteiger partial charge in [0, 0.05) is 35.8 Å². The van der Waals surface area contributed by atoms with Crippen molar-refractivity contribution in [1.29, 1.82) is 0 Å². The van der Waals surface area contributed by atoms with Gasteiger partial charge in [0.1, 0.15) is 0 Å². The highest BCUT2D eigenvalue weighted by Crippen LogP contribution is 2.33. The summed E-state index contributed by atoms with van der Waals surface area (Å²) in [5, 5.41) is 6.80. The van der Waals surface area contributed by atoms with Gasteiger partial charge in [0.05, 0.1) is 21.8 Å². The van der Waals surface area contributed by atoms with Crippen molar-refractivity contribution in [3.8, 4) is 22.8 Å². The fraction of sp³-hybridized carbons (Fsp3) is 0.200. The van der Waals surface area contributed by atoms with Crippen LogP contribution in [0.25, 0.3) is 22.8 Å². The highest BCUT2D eigenvalue weighted by molar-refractivity contribution is 7.90. The third kappa shape index (κ3) is 8.51. The second-order valence-electron chi connectivity index (χ2n) is 11.6. The molecule has 0 bridgehead atoms. The Hall–Kier alpha value is -5.50.